The molecule has 1 aliphatic heterocycles. The van der Waals surface area contributed by atoms with Crippen LogP contribution in [0.15, 0.2) is 0 Å². The molecule has 0 bridgehead atoms. The number of nitrogens with zero attached hydrogens (tertiary/aromatic N) is 1. The lowest BCUT2D eigenvalue weighted by Gasteiger charge is -2.33. The second-order valence-electron chi connectivity index (χ2n) is 4.68. The van der Waals surface area contributed by atoms with E-state index in [1.165, 1.54) is 0 Å². The zero-order valence-corrected chi connectivity index (χ0v) is 11.0. The fourth-order valence-electron chi connectivity index (χ4n) is 1.91. The van der Waals surface area contributed by atoms with Gasteiger partial charge in [-0.05, 0) is 33.6 Å². The molecule has 0 saturated carbocycles. The second kappa shape index (κ2) is 5.10. The van der Waals surface area contributed by atoms with Gasteiger partial charge in [-0.3, -0.25) is 4.79 Å². The van der Waals surface area contributed by atoms with Crippen LogP contribution < -0.4 is 5.73 Å². The Balaban J connectivity index is 2.77. The third-order valence-corrected chi connectivity index (χ3v) is 3.01. The number of amides is 1. The predicted molar refractivity (Wildman–Crippen MR) is 67.2 cm³/mol. The van der Waals surface area contributed by atoms with Gasteiger partial charge in [0, 0.05) is 12.6 Å². The molecule has 0 aliphatic carbocycles. The van der Waals surface area contributed by atoms with Gasteiger partial charge in [0.2, 0.25) is 0 Å². The summed E-state index contributed by atoms with van der Waals surface area (Å²) in [5, 5.41) is 0. The smallest absolute Gasteiger partial charge is 0.255 e. The van der Waals surface area contributed by atoms with Crippen LogP contribution in [0.2, 0.25) is 0 Å². The van der Waals surface area contributed by atoms with Crippen molar-refractivity contribution in [3.63, 3.8) is 0 Å². The van der Waals surface area contributed by atoms with Crippen molar-refractivity contribution in [2.75, 3.05) is 13.2 Å². The van der Waals surface area contributed by atoms with E-state index in [-0.39, 0.29) is 11.9 Å². The highest BCUT2D eigenvalue weighted by molar-refractivity contribution is 7.80. The molecule has 0 aromatic carbocycles. The van der Waals surface area contributed by atoms with Gasteiger partial charge in [0.05, 0.1) is 11.5 Å². The molecular formula is C11H20N2O2S. The zero-order chi connectivity index (χ0) is 12.3. The molecule has 0 aromatic rings. The van der Waals surface area contributed by atoms with E-state index in [1.54, 1.807) is 4.90 Å². The van der Waals surface area contributed by atoms with Crippen molar-refractivity contribution in [1.29, 1.82) is 0 Å². The monoisotopic (exact) mass is 244 g/mol. The van der Waals surface area contributed by atoms with Gasteiger partial charge in [-0.1, -0.05) is 12.2 Å². The molecule has 1 heterocycles. The molecule has 1 amide bonds. The molecule has 0 radical (unpaired) electrons. The number of carbonyl (C=O) groups is 1. The average Bonchev–Trinajstić information content (AvgIpc) is 2.61. The van der Waals surface area contributed by atoms with E-state index in [9.17, 15) is 4.79 Å². The van der Waals surface area contributed by atoms with Crippen molar-refractivity contribution in [3.05, 3.63) is 0 Å². The van der Waals surface area contributed by atoms with E-state index in [0.717, 1.165) is 12.8 Å². The van der Waals surface area contributed by atoms with Crippen LogP contribution in [0.4, 0.5) is 0 Å². The summed E-state index contributed by atoms with van der Waals surface area (Å²) in [6, 6.07) is 0.0787. The Bertz CT molecular complexity index is 286. The molecular weight excluding hydrogens is 224 g/mol. The molecule has 2 N–H and O–H groups in total. The molecule has 92 valence electrons. The van der Waals surface area contributed by atoms with Crippen molar-refractivity contribution < 1.29 is 9.53 Å². The van der Waals surface area contributed by atoms with Crippen LogP contribution in [0.5, 0.6) is 0 Å². The number of ether oxygens (including phenoxy) is 1. The van der Waals surface area contributed by atoms with Crippen LogP contribution in [0.25, 0.3) is 0 Å². The zero-order valence-electron chi connectivity index (χ0n) is 10.2. The van der Waals surface area contributed by atoms with Crippen molar-refractivity contribution in [3.8, 4) is 0 Å². The summed E-state index contributed by atoms with van der Waals surface area (Å²) in [7, 11) is 0. The fourth-order valence-corrected chi connectivity index (χ4v) is 2.05. The molecule has 16 heavy (non-hydrogen) atoms. The quantitative estimate of drug-likeness (QED) is 0.752. The number of hydrogen-bond donors (Lipinski definition) is 1. The van der Waals surface area contributed by atoms with Crippen LogP contribution in [-0.4, -0.2) is 40.6 Å². The van der Waals surface area contributed by atoms with Crippen LogP contribution in [0.1, 0.15) is 33.6 Å². The van der Waals surface area contributed by atoms with E-state index in [2.05, 4.69) is 0 Å². The van der Waals surface area contributed by atoms with Gasteiger partial charge in [-0.15, -0.1) is 0 Å². The van der Waals surface area contributed by atoms with Gasteiger partial charge >= 0.3 is 0 Å². The summed E-state index contributed by atoms with van der Waals surface area (Å²) in [5.41, 5.74) is 4.82. The third kappa shape index (κ3) is 2.92. The second-order valence-corrected chi connectivity index (χ2v) is 5.20. The number of hydrogen-bond acceptors (Lipinski definition) is 3. The van der Waals surface area contributed by atoms with E-state index in [0.29, 0.717) is 18.1 Å². The van der Waals surface area contributed by atoms with Gasteiger partial charge in [-0.25, -0.2) is 0 Å². The summed E-state index contributed by atoms with van der Waals surface area (Å²) >= 11 is 4.86. The van der Waals surface area contributed by atoms with Gasteiger partial charge in [0.25, 0.3) is 5.91 Å². The summed E-state index contributed by atoms with van der Waals surface area (Å²) in [5.74, 6) is -0.00667. The van der Waals surface area contributed by atoms with Crippen LogP contribution in [0.3, 0.4) is 0 Å². The summed E-state index contributed by atoms with van der Waals surface area (Å²) in [6.45, 7) is 6.73. The van der Waals surface area contributed by atoms with Crippen molar-refractivity contribution in [1.82, 2.24) is 4.90 Å². The van der Waals surface area contributed by atoms with Crippen molar-refractivity contribution in [2.24, 2.45) is 5.73 Å². The van der Waals surface area contributed by atoms with E-state index in [1.807, 2.05) is 20.8 Å². The molecule has 1 rings (SSSR count). The molecule has 1 aliphatic rings. The first-order chi connectivity index (χ1) is 7.37. The van der Waals surface area contributed by atoms with Gasteiger partial charge in [0.15, 0.2) is 0 Å². The Hall–Kier alpha value is -0.680. The topological polar surface area (TPSA) is 55.6 Å². The van der Waals surface area contributed by atoms with Crippen LogP contribution >= 0.6 is 12.2 Å². The highest BCUT2D eigenvalue weighted by atomic mass is 32.1. The molecule has 0 aromatic heterocycles. The maximum absolute atomic E-state index is 12.3. The Labute approximate surface area is 102 Å². The number of rotatable bonds is 4. The SMILES string of the molecule is CC(C)N(CC(N)=S)C(=O)C1(C)CCCO1. The minimum absolute atomic E-state index is 0.00667. The Kier molecular flexibility index (Phi) is 4.27. The van der Waals surface area contributed by atoms with Crippen molar-refractivity contribution >= 4 is 23.1 Å². The lowest BCUT2D eigenvalue weighted by atomic mass is 10.00. The summed E-state index contributed by atoms with van der Waals surface area (Å²) in [6.07, 6.45) is 1.70. The first kappa shape index (κ1) is 13.4. The maximum atomic E-state index is 12.3. The number of nitrogens with two attached hydrogens (primary N) is 1. The first-order valence-corrected chi connectivity index (χ1v) is 6.01. The molecule has 5 heteroatoms. The lowest BCUT2D eigenvalue weighted by Crippen LogP contribution is -2.51. The molecule has 1 fully saturated rings. The highest BCUT2D eigenvalue weighted by Gasteiger charge is 2.41. The Morgan fingerprint density at radius 2 is 2.25 bits per heavy atom. The van der Waals surface area contributed by atoms with Crippen LogP contribution in [-0.2, 0) is 9.53 Å². The minimum Gasteiger partial charge on any atom is -0.392 e. The largest absolute Gasteiger partial charge is 0.392 e. The van der Waals surface area contributed by atoms with E-state index >= 15 is 0 Å². The van der Waals surface area contributed by atoms with Gasteiger partial charge in [-0.2, -0.15) is 0 Å². The molecule has 0 spiro atoms. The van der Waals surface area contributed by atoms with Crippen molar-refractivity contribution in [2.45, 2.75) is 45.3 Å². The van der Waals surface area contributed by atoms with Gasteiger partial charge in [0.1, 0.15) is 5.60 Å². The lowest BCUT2D eigenvalue weighted by molar-refractivity contribution is -0.151. The normalized spacial score (nSPS) is 24.8. The standard InChI is InChI=1S/C11H20N2O2S/c1-8(2)13(7-9(12)16)10(14)11(3)5-4-6-15-11/h8H,4-7H2,1-3H3,(H2,12,16). The predicted octanol–water partition coefficient (Wildman–Crippen LogP) is 1.08. The maximum Gasteiger partial charge on any atom is 0.255 e. The average molecular weight is 244 g/mol. The molecule has 1 saturated heterocycles. The highest BCUT2D eigenvalue weighted by Crippen LogP contribution is 2.27. The van der Waals surface area contributed by atoms with Gasteiger partial charge < -0.3 is 15.4 Å². The number of carbonyl (C=O) groups excluding carboxylic acids is 1. The first-order valence-electron chi connectivity index (χ1n) is 5.60. The molecule has 1 unspecified atom stereocenters. The Morgan fingerprint density at radius 3 is 2.62 bits per heavy atom. The number of thiocarbonyl (C=S) groups is 1. The third-order valence-electron chi connectivity index (χ3n) is 2.88. The minimum atomic E-state index is -0.685. The summed E-state index contributed by atoms with van der Waals surface area (Å²) in [4.78, 5) is 14.4. The molecule has 1 atom stereocenters. The molecule has 4 nitrogen and oxygen atoms in total. The van der Waals surface area contributed by atoms with E-state index < -0.39 is 5.60 Å². The fraction of sp³-hybridized carbons (Fsp3) is 0.818. The Morgan fingerprint density at radius 1 is 1.62 bits per heavy atom. The van der Waals surface area contributed by atoms with E-state index in [4.69, 9.17) is 22.7 Å². The summed E-state index contributed by atoms with van der Waals surface area (Å²) < 4.78 is 5.54. The van der Waals surface area contributed by atoms with Crippen LogP contribution in [0, 0.1) is 0 Å².